The van der Waals surface area contributed by atoms with Gasteiger partial charge in [0.05, 0.1) is 17.4 Å². The molecular formula is C12H12BrNOS. The van der Waals surface area contributed by atoms with Crippen molar-refractivity contribution in [3.63, 3.8) is 0 Å². The van der Waals surface area contributed by atoms with Crippen LogP contribution in [0.25, 0.3) is 0 Å². The Balaban J connectivity index is 2.05. The zero-order chi connectivity index (χ0) is 11.0. The lowest BCUT2D eigenvalue weighted by Gasteiger charge is -2.36. The number of benzene rings is 1. The molecule has 0 bridgehead atoms. The summed E-state index contributed by atoms with van der Waals surface area (Å²) in [6, 6.07) is 8.49. The lowest BCUT2D eigenvalue weighted by Crippen LogP contribution is -2.41. The molecule has 1 aromatic rings. The molecule has 16 heavy (non-hydrogen) atoms. The Bertz CT molecular complexity index is 437. The predicted octanol–water partition coefficient (Wildman–Crippen LogP) is 3.21. The molecular weight excluding hydrogens is 286 g/mol. The van der Waals surface area contributed by atoms with Gasteiger partial charge in [-0.3, -0.25) is 4.99 Å². The molecule has 2 nitrogen and oxygen atoms in total. The van der Waals surface area contributed by atoms with E-state index in [4.69, 9.17) is 9.73 Å². The second kappa shape index (κ2) is 4.17. The fraction of sp³-hybridized carbons (Fsp3) is 0.417. The van der Waals surface area contributed by atoms with Gasteiger partial charge in [-0.15, -0.1) is 11.8 Å². The normalized spacial score (nSPS) is 32.7. The van der Waals surface area contributed by atoms with Crippen LogP contribution in [0.3, 0.4) is 0 Å². The van der Waals surface area contributed by atoms with Gasteiger partial charge in [-0.1, -0.05) is 28.1 Å². The summed E-state index contributed by atoms with van der Waals surface area (Å²) in [6.07, 6.45) is 0.984. The molecule has 4 heteroatoms. The van der Waals surface area contributed by atoms with E-state index in [9.17, 15) is 0 Å². The Morgan fingerprint density at radius 2 is 2.44 bits per heavy atom. The van der Waals surface area contributed by atoms with E-state index in [1.807, 2.05) is 5.55 Å². The van der Waals surface area contributed by atoms with Gasteiger partial charge in [-0.25, -0.2) is 0 Å². The lowest BCUT2D eigenvalue weighted by atomic mass is 9.83. The highest BCUT2D eigenvalue weighted by Gasteiger charge is 2.45. The number of rotatable bonds is 1. The Morgan fingerprint density at radius 1 is 1.50 bits per heavy atom. The molecule has 2 aliphatic heterocycles. The first-order valence-electron chi connectivity index (χ1n) is 5.34. The highest BCUT2D eigenvalue weighted by Crippen LogP contribution is 2.46. The zero-order valence-electron chi connectivity index (χ0n) is 8.73. The molecule has 0 N–H and O–H groups in total. The van der Waals surface area contributed by atoms with E-state index in [-0.39, 0.29) is 5.54 Å². The molecule has 1 fully saturated rings. The van der Waals surface area contributed by atoms with E-state index in [0.29, 0.717) is 5.25 Å². The Hall–Kier alpha value is -0.320. The van der Waals surface area contributed by atoms with Crippen LogP contribution in [0.5, 0.6) is 0 Å². The maximum Gasteiger partial charge on any atom is 0.103 e. The summed E-state index contributed by atoms with van der Waals surface area (Å²) in [4.78, 5) is 4.74. The number of hydrogen-bond donors (Lipinski definition) is 0. The minimum atomic E-state index is -0.0489. The molecule has 1 aromatic carbocycles. The molecule has 3 rings (SSSR count). The van der Waals surface area contributed by atoms with Crippen molar-refractivity contribution in [2.24, 2.45) is 4.99 Å². The van der Waals surface area contributed by atoms with Crippen molar-refractivity contribution >= 4 is 33.2 Å². The van der Waals surface area contributed by atoms with Crippen LogP contribution in [0.4, 0.5) is 0 Å². The number of fused-ring (bicyclic) bond motifs is 1. The topological polar surface area (TPSA) is 21.6 Å². The smallest absolute Gasteiger partial charge is 0.103 e. The van der Waals surface area contributed by atoms with Crippen LogP contribution >= 0.6 is 27.7 Å². The second-order valence-electron chi connectivity index (χ2n) is 4.12. The summed E-state index contributed by atoms with van der Waals surface area (Å²) in [5.74, 6) is 0. The van der Waals surface area contributed by atoms with E-state index < -0.39 is 0 Å². The second-order valence-corrected chi connectivity index (χ2v) is 6.09. The monoisotopic (exact) mass is 297 g/mol. The Kier molecular flexibility index (Phi) is 2.81. The number of halogens is 1. The average molecular weight is 298 g/mol. The molecule has 2 aliphatic rings. The number of hydrogen-bond acceptors (Lipinski definition) is 3. The maximum absolute atomic E-state index is 5.55. The van der Waals surface area contributed by atoms with Gasteiger partial charge < -0.3 is 4.74 Å². The van der Waals surface area contributed by atoms with Crippen molar-refractivity contribution in [1.82, 2.24) is 0 Å². The number of aliphatic imine (C=N–C) groups is 1. The van der Waals surface area contributed by atoms with E-state index in [1.54, 1.807) is 11.8 Å². The van der Waals surface area contributed by atoms with Gasteiger partial charge >= 0.3 is 0 Å². The minimum Gasteiger partial charge on any atom is -0.380 e. The van der Waals surface area contributed by atoms with E-state index in [2.05, 4.69) is 40.2 Å². The van der Waals surface area contributed by atoms with Gasteiger partial charge in [0.15, 0.2) is 0 Å². The number of thioether (sulfide) groups is 1. The Morgan fingerprint density at radius 3 is 3.31 bits per heavy atom. The summed E-state index contributed by atoms with van der Waals surface area (Å²) < 4.78 is 6.67. The molecule has 0 aromatic heterocycles. The summed E-state index contributed by atoms with van der Waals surface area (Å²) >= 11 is 5.33. The van der Waals surface area contributed by atoms with Crippen molar-refractivity contribution in [2.45, 2.75) is 17.2 Å². The highest BCUT2D eigenvalue weighted by molar-refractivity contribution is 9.10. The highest BCUT2D eigenvalue weighted by atomic mass is 79.9. The molecule has 2 atom stereocenters. The lowest BCUT2D eigenvalue weighted by molar-refractivity contribution is 0.0612. The first-order valence-corrected chi connectivity index (χ1v) is 7.08. The van der Waals surface area contributed by atoms with Crippen molar-refractivity contribution < 1.29 is 4.74 Å². The van der Waals surface area contributed by atoms with Gasteiger partial charge in [0.1, 0.15) is 5.54 Å². The average Bonchev–Trinajstić information content (AvgIpc) is 2.73. The molecule has 0 saturated carbocycles. The van der Waals surface area contributed by atoms with Crippen LogP contribution in [0.15, 0.2) is 33.7 Å². The van der Waals surface area contributed by atoms with E-state index in [0.717, 1.165) is 24.1 Å². The van der Waals surface area contributed by atoms with Crippen LogP contribution in [0, 0.1) is 0 Å². The standard InChI is InChI=1S/C12H12BrNOS/c13-10-3-1-2-9(6-10)12-4-5-15-7-11(12)16-8-14-12/h1-3,6,8,11H,4-5,7H2/t11-,12-/m1/s1. The van der Waals surface area contributed by atoms with Crippen molar-refractivity contribution in [2.75, 3.05) is 13.2 Å². The fourth-order valence-electron chi connectivity index (χ4n) is 2.38. The van der Waals surface area contributed by atoms with E-state index >= 15 is 0 Å². The number of ether oxygens (including phenoxy) is 1. The number of nitrogens with zero attached hydrogens (tertiary/aromatic N) is 1. The van der Waals surface area contributed by atoms with Gasteiger partial charge in [-0.2, -0.15) is 0 Å². The molecule has 0 spiro atoms. The minimum absolute atomic E-state index is 0.0489. The van der Waals surface area contributed by atoms with Crippen LogP contribution in [-0.4, -0.2) is 24.0 Å². The first kappa shape index (κ1) is 10.8. The zero-order valence-corrected chi connectivity index (χ0v) is 11.1. The third kappa shape index (κ3) is 1.63. The molecule has 2 heterocycles. The van der Waals surface area contributed by atoms with Crippen molar-refractivity contribution in [1.29, 1.82) is 0 Å². The van der Waals surface area contributed by atoms with Crippen molar-refractivity contribution in [3.8, 4) is 0 Å². The predicted molar refractivity (Wildman–Crippen MR) is 71.1 cm³/mol. The molecule has 84 valence electrons. The molecule has 1 saturated heterocycles. The fourth-order valence-corrected chi connectivity index (χ4v) is 3.89. The summed E-state index contributed by atoms with van der Waals surface area (Å²) in [7, 11) is 0. The van der Waals surface area contributed by atoms with Gasteiger partial charge in [-0.05, 0) is 17.7 Å². The third-order valence-electron chi connectivity index (χ3n) is 3.26. The van der Waals surface area contributed by atoms with E-state index in [1.165, 1.54) is 5.56 Å². The van der Waals surface area contributed by atoms with Gasteiger partial charge in [0.25, 0.3) is 0 Å². The Labute approximate surface area is 108 Å². The summed E-state index contributed by atoms with van der Waals surface area (Å²) in [5, 5.41) is 0.440. The quantitative estimate of drug-likeness (QED) is 0.794. The maximum atomic E-state index is 5.55. The van der Waals surface area contributed by atoms with Gasteiger partial charge in [0, 0.05) is 17.5 Å². The SMILES string of the molecule is Brc1cccc([C@]23CCOC[C@H]2SC=N3)c1. The molecule has 0 aliphatic carbocycles. The molecule has 0 unspecified atom stereocenters. The first-order chi connectivity index (χ1) is 7.81. The van der Waals surface area contributed by atoms with Crippen LogP contribution < -0.4 is 0 Å². The van der Waals surface area contributed by atoms with Crippen LogP contribution in [0.2, 0.25) is 0 Å². The van der Waals surface area contributed by atoms with Gasteiger partial charge in [0.2, 0.25) is 0 Å². The summed E-state index contributed by atoms with van der Waals surface area (Å²) in [5.41, 5.74) is 3.24. The molecule has 0 amide bonds. The largest absolute Gasteiger partial charge is 0.380 e. The van der Waals surface area contributed by atoms with Crippen molar-refractivity contribution in [3.05, 3.63) is 34.3 Å². The third-order valence-corrected chi connectivity index (χ3v) is 4.84. The van der Waals surface area contributed by atoms with Crippen LogP contribution in [0.1, 0.15) is 12.0 Å². The van der Waals surface area contributed by atoms with Crippen LogP contribution in [-0.2, 0) is 10.3 Å². The molecule has 0 radical (unpaired) electrons. The summed E-state index contributed by atoms with van der Waals surface area (Å²) in [6.45, 7) is 1.61.